The van der Waals surface area contributed by atoms with Gasteiger partial charge in [-0.15, -0.1) is 0 Å². The van der Waals surface area contributed by atoms with E-state index in [2.05, 4.69) is 30.3 Å². The Hall–Kier alpha value is -1.04. The van der Waals surface area contributed by atoms with Crippen molar-refractivity contribution in [1.82, 2.24) is 0 Å². The van der Waals surface area contributed by atoms with Gasteiger partial charge in [0.2, 0.25) is 0 Å². The number of hydrogen-bond donors (Lipinski definition) is 0. The summed E-state index contributed by atoms with van der Waals surface area (Å²) in [4.78, 5) is 0. The molecule has 3 unspecified atom stereocenters. The van der Waals surface area contributed by atoms with E-state index in [4.69, 9.17) is 0 Å². The van der Waals surface area contributed by atoms with E-state index in [0.29, 0.717) is 0 Å². The molecular weight excluding hydrogens is 180 g/mol. The van der Waals surface area contributed by atoms with Crippen molar-refractivity contribution in [3.8, 4) is 0 Å². The predicted molar refractivity (Wildman–Crippen MR) is 61.7 cm³/mol. The summed E-state index contributed by atoms with van der Waals surface area (Å²) in [7, 11) is 0. The first kappa shape index (κ1) is 8.15. The van der Waals surface area contributed by atoms with E-state index in [1.54, 1.807) is 5.56 Å². The van der Waals surface area contributed by atoms with Crippen LogP contribution in [0.3, 0.4) is 0 Å². The lowest BCUT2D eigenvalue weighted by atomic mass is 9.72. The lowest BCUT2D eigenvalue weighted by Crippen LogP contribution is -2.18. The molecule has 0 nitrogen and oxygen atoms in total. The van der Waals surface area contributed by atoms with Crippen LogP contribution in [0.15, 0.2) is 41.5 Å². The summed E-state index contributed by atoms with van der Waals surface area (Å²) in [5.41, 5.74) is 5.32. The van der Waals surface area contributed by atoms with Crippen molar-refractivity contribution in [3.05, 3.63) is 47.0 Å². The maximum Gasteiger partial charge on any atom is -0.00903 e. The van der Waals surface area contributed by atoms with Crippen molar-refractivity contribution in [3.63, 3.8) is 0 Å². The van der Waals surface area contributed by atoms with Gasteiger partial charge in [0.05, 0.1) is 0 Å². The van der Waals surface area contributed by atoms with E-state index in [1.807, 2.05) is 11.1 Å². The molecule has 0 aliphatic heterocycles. The molecule has 2 bridgehead atoms. The fourth-order valence-corrected chi connectivity index (χ4v) is 4.08. The minimum atomic E-state index is 0.857. The van der Waals surface area contributed by atoms with Crippen molar-refractivity contribution in [1.29, 1.82) is 0 Å². The second-order valence-electron chi connectivity index (χ2n) is 5.34. The van der Waals surface area contributed by atoms with Crippen LogP contribution in [0.5, 0.6) is 0 Å². The highest BCUT2D eigenvalue weighted by Gasteiger charge is 2.48. The van der Waals surface area contributed by atoms with E-state index < -0.39 is 0 Å². The van der Waals surface area contributed by atoms with Crippen LogP contribution in [0.4, 0.5) is 0 Å². The highest BCUT2D eigenvalue weighted by molar-refractivity contribution is 5.41. The van der Waals surface area contributed by atoms with Crippen molar-refractivity contribution in [2.45, 2.75) is 31.6 Å². The molecule has 4 rings (SSSR count). The van der Waals surface area contributed by atoms with Crippen LogP contribution in [0.1, 0.15) is 37.2 Å². The zero-order valence-electron chi connectivity index (χ0n) is 8.95. The molecule has 1 saturated carbocycles. The fourth-order valence-electron chi connectivity index (χ4n) is 4.08. The van der Waals surface area contributed by atoms with Gasteiger partial charge in [-0.25, -0.2) is 0 Å². The van der Waals surface area contributed by atoms with Gasteiger partial charge in [0.15, 0.2) is 0 Å². The molecular formula is C15H16. The molecule has 3 atom stereocenters. The summed E-state index contributed by atoms with van der Waals surface area (Å²) in [6, 6.07) is 11.2. The minimum absolute atomic E-state index is 0.857. The Balaban J connectivity index is 1.72. The maximum absolute atomic E-state index is 2.32. The summed E-state index contributed by atoms with van der Waals surface area (Å²) in [5, 5.41) is 0. The lowest BCUT2D eigenvalue weighted by molar-refractivity contribution is 0.489. The number of hydrogen-bond acceptors (Lipinski definition) is 0. The van der Waals surface area contributed by atoms with E-state index in [-0.39, 0.29) is 0 Å². The van der Waals surface area contributed by atoms with Crippen LogP contribution in [0.2, 0.25) is 0 Å². The van der Waals surface area contributed by atoms with Crippen LogP contribution >= 0.6 is 0 Å². The third kappa shape index (κ3) is 0.975. The molecule has 3 aliphatic rings. The van der Waals surface area contributed by atoms with Gasteiger partial charge in [0.1, 0.15) is 0 Å². The largest absolute Gasteiger partial charge is 0.0672 e. The van der Waals surface area contributed by atoms with Crippen LogP contribution in [0.25, 0.3) is 0 Å². The second kappa shape index (κ2) is 2.75. The van der Waals surface area contributed by atoms with Crippen molar-refractivity contribution >= 4 is 0 Å². The monoisotopic (exact) mass is 196 g/mol. The second-order valence-corrected chi connectivity index (χ2v) is 5.34. The van der Waals surface area contributed by atoms with E-state index in [0.717, 1.165) is 17.8 Å². The molecule has 0 N–H and O–H groups in total. The van der Waals surface area contributed by atoms with Crippen molar-refractivity contribution < 1.29 is 0 Å². The zero-order valence-corrected chi connectivity index (χ0v) is 8.95. The molecule has 0 spiro atoms. The Bertz CT molecular complexity index is 427. The quantitative estimate of drug-likeness (QED) is 0.597. The van der Waals surface area contributed by atoms with Gasteiger partial charge in [0.25, 0.3) is 0 Å². The van der Waals surface area contributed by atoms with Crippen LogP contribution in [-0.4, -0.2) is 0 Å². The maximum atomic E-state index is 2.32. The summed E-state index contributed by atoms with van der Waals surface area (Å²) in [5.74, 6) is 2.76. The Morgan fingerprint density at radius 2 is 1.53 bits per heavy atom. The number of rotatable bonds is 1. The highest BCUT2D eigenvalue weighted by atomic mass is 14.5. The molecule has 0 amide bonds. The topological polar surface area (TPSA) is 0 Å². The van der Waals surface area contributed by atoms with Crippen molar-refractivity contribution in [2.75, 3.05) is 0 Å². The zero-order chi connectivity index (χ0) is 9.83. The average Bonchev–Trinajstić information content (AvgIpc) is 2.71. The molecule has 76 valence electrons. The average molecular weight is 196 g/mol. The first-order valence-electron chi connectivity index (χ1n) is 6.20. The number of benzene rings is 1. The van der Waals surface area contributed by atoms with Gasteiger partial charge < -0.3 is 0 Å². The lowest BCUT2D eigenvalue weighted by Gasteiger charge is -2.33. The van der Waals surface area contributed by atoms with Crippen LogP contribution in [-0.2, 0) is 0 Å². The first-order chi connectivity index (χ1) is 7.43. The summed E-state index contributed by atoms with van der Waals surface area (Å²) >= 11 is 0. The number of allylic oxidation sites excluding steroid dienone is 2. The summed E-state index contributed by atoms with van der Waals surface area (Å²) < 4.78 is 0. The first-order valence-corrected chi connectivity index (χ1v) is 6.20. The third-order valence-corrected chi connectivity index (χ3v) is 4.81. The standard InChI is InChI=1S/C15H16/c1-2-4-10(5-3-1)14-8-11-9-15(14)13-7-6-12(11)13/h1-5,11,14-15H,6-9H2. The minimum Gasteiger partial charge on any atom is -0.0672 e. The number of fused-ring (bicyclic) bond motifs is 4. The smallest absolute Gasteiger partial charge is 0.00903 e. The molecule has 1 aromatic rings. The Morgan fingerprint density at radius 3 is 2.20 bits per heavy atom. The molecule has 1 aromatic carbocycles. The van der Waals surface area contributed by atoms with Gasteiger partial charge in [0, 0.05) is 0 Å². The van der Waals surface area contributed by atoms with E-state index >= 15 is 0 Å². The van der Waals surface area contributed by atoms with Crippen LogP contribution in [0, 0.1) is 11.8 Å². The Kier molecular flexibility index (Phi) is 1.49. The fraction of sp³-hybridized carbons (Fsp3) is 0.467. The molecule has 1 fully saturated rings. The molecule has 3 aliphatic carbocycles. The third-order valence-electron chi connectivity index (χ3n) is 4.81. The van der Waals surface area contributed by atoms with Gasteiger partial charge in [-0.1, -0.05) is 41.5 Å². The molecule has 15 heavy (non-hydrogen) atoms. The van der Waals surface area contributed by atoms with E-state index in [1.165, 1.54) is 25.7 Å². The molecule has 0 heterocycles. The molecule has 0 saturated heterocycles. The van der Waals surface area contributed by atoms with Crippen LogP contribution < -0.4 is 0 Å². The van der Waals surface area contributed by atoms with Gasteiger partial charge in [-0.3, -0.25) is 0 Å². The molecule has 0 aromatic heterocycles. The normalized spacial score (nSPS) is 36.7. The Morgan fingerprint density at radius 1 is 0.800 bits per heavy atom. The molecule has 0 heteroatoms. The predicted octanol–water partition coefficient (Wildman–Crippen LogP) is 3.90. The molecule has 0 radical (unpaired) electrons. The highest BCUT2D eigenvalue weighted by Crippen LogP contribution is 2.61. The Labute approximate surface area is 91.0 Å². The van der Waals surface area contributed by atoms with Gasteiger partial charge in [-0.2, -0.15) is 0 Å². The van der Waals surface area contributed by atoms with Crippen molar-refractivity contribution in [2.24, 2.45) is 11.8 Å². The SMILES string of the molecule is c1ccc(C2CC3CC2C2=C3CC2)cc1. The summed E-state index contributed by atoms with van der Waals surface area (Å²) in [6.45, 7) is 0. The van der Waals surface area contributed by atoms with Gasteiger partial charge >= 0.3 is 0 Å². The summed E-state index contributed by atoms with van der Waals surface area (Å²) in [6.07, 6.45) is 5.76. The van der Waals surface area contributed by atoms with E-state index in [9.17, 15) is 0 Å². The van der Waals surface area contributed by atoms with Gasteiger partial charge in [-0.05, 0) is 49.0 Å².